The highest BCUT2D eigenvalue weighted by molar-refractivity contribution is 7.99. The summed E-state index contributed by atoms with van der Waals surface area (Å²) in [6.07, 6.45) is 4.46. The summed E-state index contributed by atoms with van der Waals surface area (Å²) < 4.78 is 19.3. The number of ether oxygens (including phenoxy) is 1. The zero-order valence-electron chi connectivity index (χ0n) is 17.3. The lowest BCUT2D eigenvalue weighted by atomic mass is 10.2. The average molecular weight is 466 g/mol. The van der Waals surface area contributed by atoms with Gasteiger partial charge >= 0.3 is 0 Å². The van der Waals surface area contributed by atoms with Gasteiger partial charge in [0.1, 0.15) is 17.4 Å². The van der Waals surface area contributed by atoms with Gasteiger partial charge in [-0.3, -0.25) is 0 Å². The van der Waals surface area contributed by atoms with Gasteiger partial charge in [-0.25, -0.2) is 14.4 Å². The van der Waals surface area contributed by atoms with E-state index in [1.54, 1.807) is 42.4 Å². The summed E-state index contributed by atoms with van der Waals surface area (Å²) in [6, 6.07) is 11.3. The Labute approximate surface area is 192 Å². The first-order valence-corrected chi connectivity index (χ1v) is 11.3. The maximum absolute atomic E-state index is 13.3. The van der Waals surface area contributed by atoms with Crippen LogP contribution in [0.25, 0.3) is 11.4 Å². The van der Waals surface area contributed by atoms with Gasteiger partial charge in [0.2, 0.25) is 5.82 Å². The van der Waals surface area contributed by atoms with Crippen LogP contribution in [0.1, 0.15) is 6.42 Å². The van der Waals surface area contributed by atoms with E-state index in [4.69, 9.17) is 4.74 Å². The lowest BCUT2D eigenvalue weighted by molar-refractivity contribution is 0.271. The molecule has 3 heterocycles. The number of H-pyrrole nitrogens is 1. The van der Waals surface area contributed by atoms with Gasteiger partial charge in [-0.2, -0.15) is 5.21 Å². The van der Waals surface area contributed by atoms with Gasteiger partial charge in [0, 0.05) is 35.2 Å². The van der Waals surface area contributed by atoms with Crippen LogP contribution in [-0.2, 0) is 0 Å². The van der Waals surface area contributed by atoms with Crippen molar-refractivity contribution in [3.8, 4) is 22.9 Å². The quantitative estimate of drug-likeness (QED) is 0.314. The van der Waals surface area contributed by atoms with E-state index in [-0.39, 0.29) is 12.4 Å². The molecule has 0 amide bonds. The Morgan fingerprint density at radius 2 is 2.00 bits per heavy atom. The lowest BCUT2D eigenvalue weighted by Gasteiger charge is -2.13. The molecule has 2 atom stereocenters. The molecule has 168 valence electrons. The molecule has 1 aliphatic rings. The standard InChI is InChI=1S/C22H20FN7O2S/c23-16-2-4-17(5-3-16)32-19-8-18(33-12-15-7-14(15)11-31)10-25-22(19)26-20-6-1-13(9-24-20)21-27-29-30-28-21/h1-6,8-10,14-15,31H,7,11-12H2,(H,24,25,26)(H,27,28,29,30). The number of thioether (sulfide) groups is 1. The van der Waals surface area contributed by atoms with E-state index < -0.39 is 0 Å². The number of tetrazole rings is 1. The van der Waals surface area contributed by atoms with Gasteiger partial charge in [0.05, 0.1) is 0 Å². The summed E-state index contributed by atoms with van der Waals surface area (Å²) in [6.45, 7) is 0.240. The Morgan fingerprint density at radius 3 is 2.70 bits per heavy atom. The Bertz CT molecular complexity index is 1210. The molecule has 2 unspecified atom stereocenters. The molecule has 3 N–H and O–H groups in total. The second kappa shape index (κ2) is 9.51. The Kier molecular flexibility index (Phi) is 6.13. The van der Waals surface area contributed by atoms with Gasteiger partial charge in [-0.1, -0.05) is 0 Å². The molecule has 1 aromatic carbocycles. The monoisotopic (exact) mass is 465 g/mol. The number of nitrogens with one attached hydrogen (secondary N) is 2. The Balaban J connectivity index is 1.35. The minimum Gasteiger partial charge on any atom is -0.453 e. The van der Waals surface area contributed by atoms with Crippen molar-refractivity contribution in [1.29, 1.82) is 0 Å². The van der Waals surface area contributed by atoms with Crippen LogP contribution < -0.4 is 10.1 Å². The van der Waals surface area contributed by atoms with E-state index in [9.17, 15) is 9.50 Å². The molecule has 4 aromatic rings. The van der Waals surface area contributed by atoms with Gasteiger partial charge < -0.3 is 15.2 Å². The normalized spacial score (nSPS) is 17.0. The highest BCUT2D eigenvalue weighted by Crippen LogP contribution is 2.42. The second-order valence-corrected chi connectivity index (χ2v) is 8.71. The molecule has 9 nitrogen and oxygen atoms in total. The third-order valence-electron chi connectivity index (χ3n) is 5.25. The third kappa shape index (κ3) is 5.26. The van der Waals surface area contributed by atoms with Crippen LogP contribution in [0.5, 0.6) is 11.5 Å². The summed E-state index contributed by atoms with van der Waals surface area (Å²) in [7, 11) is 0. The Hall–Kier alpha value is -3.57. The average Bonchev–Trinajstić information content (AvgIpc) is 3.39. The summed E-state index contributed by atoms with van der Waals surface area (Å²) in [5.41, 5.74) is 0.720. The number of benzene rings is 1. The number of rotatable bonds is 9. The SMILES string of the molecule is OCC1CC1CSc1cnc(Nc2ccc(-c3nn[nH]n3)cn2)c(Oc2ccc(F)cc2)c1. The molecule has 11 heteroatoms. The number of hydrogen-bond donors (Lipinski definition) is 3. The van der Waals surface area contributed by atoms with Crippen molar-refractivity contribution in [3.63, 3.8) is 0 Å². The maximum atomic E-state index is 13.3. The number of nitrogens with zero attached hydrogens (tertiary/aromatic N) is 5. The highest BCUT2D eigenvalue weighted by atomic mass is 32.2. The molecule has 0 radical (unpaired) electrons. The zero-order valence-corrected chi connectivity index (χ0v) is 18.2. The van der Waals surface area contributed by atoms with Crippen molar-refractivity contribution >= 4 is 23.4 Å². The van der Waals surface area contributed by atoms with E-state index in [1.165, 1.54) is 12.1 Å². The number of aliphatic hydroxyl groups is 1. The fourth-order valence-electron chi connectivity index (χ4n) is 3.25. The molecule has 0 saturated heterocycles. The van der Waals surface area contributed by atoms with Crippen LogP contribution in [0.15, 0.2) is 59.8 Å². The van der Waals surface area contributed by atoms with Crippen LogP contribution in [0.4, 0.5) is 16.0 Å². The van der Waals surface area contributed by atoms with Gasteiger partial charge in [0.15, 0.2) is 11.6 Å². The molecular formula is C22H20FN7O2S. The van der Waals surface area contributed by atoms with E-state index in [2.05, 4.69) is 35.9 Å². The van der Waals surface area contributed by atoms with Crippen LogP contribution in [0.2, 0.25) is 0 Å². The summed E-state index contributed by atoms with van der Waals surface area (Å²) in [5.74, 6) is 3.98. The molecule has 0 spiro atoms. The van der Waals surface area contributed by atoms with Crippen molar-refractivity contribution in [1.82, 2.24) is 30.6 Å². The molecule has 5 rings (SSSR count). The zero-order chi connectivity index (χ0) is 22.6. The molecular weight excluding hydrogens is 445 g/mol. The van der Waals surface area contributed by atoms with Crippen molar-refractivity contribution in [2.75, 3.05) is 17.7 Å². The number of aliphatic hydroxyl groups excluding tert-OH is 1. The fraction of sp³-hybridized carbons (Fsp3) is 0.227. The molecule has 33 heavy (non-hydrogen) atoms. The molecule has 0 aliphatic heterocycles. The van der Waals surface area contributed by atoms with E-state index in [0.29, 0.717) is 40.8 Å². The summed E-state index contributed by atoms with van der Waals surface area (Å²) >= 11 is 1.67. The third-order valence-corrected chi connectivity index (χ3v) is 6.40. The van der Waals surface area contributed by atoms with Crippen LogP contribution >= 0.6 is 11.8 Å². The number of halogens is 1. The van der Waals surface area contributed by atoms with Crippen molar-refractivity contribution in [2.24, 2.45) is 11.8 Å². The number of pyridine rings is 2. The van der Waals surface area contributed by atoms with E-state index >= 15 is 0 Å². The minimum absolute atomic E-state index is 0.240. The molecule has 3 aromatic heterocycles. The fourth-order valence-corrected chi connectivity index (χ4v) is 4.39. The van der Waals surface area contributed by atoms with Crippen molar-refractivity contribution in [3.05, 3.63) is 60.7 Å². The van der Waals surface area contributed by atoms with Gasteiger partial charge in [-0.05, 0) is 65.9 Å². The van der Waals surface area contributed by atoms with Gasteiger partial charge in [-0.15, -0.1) is 22.0 Å². The first kappa shape index (κ1) is 21.3. The largest absolute Gasteiger partial charge is 0.453 e. The predicted molar refractivity (Wildman–Crippen MR) is 121 cm³/mol. The van der Waals surface area contributed by atoms with Crippen LogP contribution in [0, 0.1) is 17.7 Å². The lowest BCUT2D eigenvalue weighted by Crippen LogP contribution is -2.00. The van der Waals surface area contributed by atoms with E-state index in [0.717, 1.165) is 22.6 Å². The predicted octanol–water partition coefficient (Wildman–Crippen LogP) is 4.05. The highest BCUT2D eigenvalue weighted by Gasteiger charge is 2.35. The summed E-state index contributed by atoms with van der Waals surface area (Å²) in [4.78, 5) is 9.87. The number of aromatic amines is 1. The van der Waals surface area contributed by atoms with Crippen molar-refractivity contribution < 1.29 is 14.2 Å². The molecule has 1 fully saturated rings. The van der Waals surface area contributed by atoms with Crippen LogP contribution in [0.3, 0.4) is 0 Å². The smallest absolute Gasteiger partial charge is 0.206 e. The summed E-state index contributed by atoms with van der Waals surface area (Å²) in [5, 5.41) is 26.3. The molecule has 1 aliphatic carbocycles. The van der Waals surface area contributed by atoms with Crippen molar-refractivity contribution in [2.45, 2.75) is 11.3 Å². The number of anilines is 2. The molecule has 0 bridgehead atoms. The van der Waals surface area contributed by atoms with Crippen LogP contribution in [-0.4, -0.2) is 48.1 Å². The minimum atomic E-state index is -0.336. The number of aromatic nitrogens is 6. The second-order valence-electron chi connectivity index (χ2n) is 7.62. The maximum Gasteiger partial charge on any atom is 0.206 e. The Morgan fingerprint density at radius 1 is 1.12 bits per heavy atom. The first-order valence-electron chi connectivity index (χ1n) is 10.3. The van der Waals surface area contributed by atoms with E-state index in [1.807, 2.05) is 12.1 Å². The van der Waals surface area contributed by atoms with Gasteiger partial charge in [0.25, 0.3) is 0 Å². The molecule has 1 saturated carbocycles. The number of hydrogen-bond acceptors (Lipinski definition) is 9. The topological polar surface area (TPSA) is 122 Å². The first-order chi connectivity index (χ1) is 16.2.